The van der Waals surface area contributed by atoms with Gasteiger partial charge in [0.15, 0.2) is 0 Å². The van der Waals surface area contributed by atoms with Crippen LogP contribution in [0.15, 0.2) is 42.6 Å². The van der Waals surface area contributed by atoms with E-state index in [1.54, 1.807) is 49.1 Å². The second kappa shape index (κ2) is 10.3. The molecule has 0 spiro atoms. The summed E-state index contributed by atoms with van der Waals surface area (Å²) in [6.45, 7) is 11.9. The molecular formula is C30H35N5O4S. The van der Waals surface area contributed by atoms with Gasteiger partial charge in [-0.05, 0) is 60.1 Å². The standard InChI is InChI=1S/C30H35N5O4S/c1-18-26(40-20(3)32-18)23-10-8-7-9-22(23)25-19(2)35-13-11-21(15-24(35)33-25)27(36)34-14-12-30(38,17-34)16-31-28(37)39-29(4,5)6/h7-11,13,15,38H,12,14,16-17H2,1-6H3,(H,31,37)/t30-/m1/s1. The largest absolute Gasteiger partial charge is 0.444 e. The Labute approximate surface area is 237 Å². The number of benzene rings is 1. The van der Waals surface area contributed by atoms with Crippen LogP contribution in [-0.2, 0) is 4.74 Å². The highest BCUT2D eigenvalue weighted by molar-refractivity contribution is 7.15. The Morgan fingerprint density at radius 3 is 2.52 bits per heavy atom. The first-order valence-electron chi connectivity index (χ1n) is 13.3. The Morgan fingerprint density at radius 2 is 1.85 bits per heavy atom. The van der Waals surface area contributed by atoms with Crippen molar-refractivity contribution in [2.24, 2.45) is 0 Å². The van der Waals surface area contributed by atoms with E-state index in [9.17, 15) is 14.7 Å². The molecule has 0 aliphatic carbocycles. The third-order valence-corrected chi connectivity index (χ3v) is 8.13. The van der Waals surface area contributed by atoms with Gasteiger partial charge in [-0.2, -0.15) is 0 Å². The molecule has 0 saturated carbocycles. The molecule has 0 unspecified atom stereocenters. The second-order valence-electron chi connectivity index (χ2n) is 11.4. The molecule has 1 aromatic carbocycles. The molecule has 4 aromatic rings. The first-order valence-corrected chi connectivity index (χ1v) is 14.2. The first-order chi connectivity index (χ1) is 18.8. The Morgan fingerprint density at radius 1 is 1.12 bits per heavy atom. The lowest BCUT2D eigenvalue weighted by atomic mass is 10.0. The lowest BCUT2D eigenvalue weighted by Gasteiger charge is -2.25. The number of hydrogen-bond acceptors (Lipinski definition) is 7. The maximum Gasteiger partial charge on any atom is 0.407 e. The number of aromatic nitrogens is 3. The fourth-order valence-corrected chi connectivity index (χ4v) is 6.09. The zero-order chi connectivity index (χ0) is 28.8. The number of alkyl carbamates (subject to hydrolysis) is 1. The monoisotopic (exact) mass is 561 g/mol. The molecule has 3 aromatic heterocycles. The third-order valence-electron chi connectivity index (χ3n) is 7.02. The smallest absolute Gasteiger partial charge is 0.407 e. The van der Waals surface area contributed by atoms with Crippen molar-refractivity contribution in [2.75, 3.05) is 19.6 Å². The van der Waals surface area contributed by atoms with Gasteiger partial charge in [-0.1, -0.05) is 24.3 Å². The number of nitrogens with zero attached hydrogens (tertiary/aromatic N) is 4. The molecule has 9 nitrogen and oxygen atoms in total. The lowest BCUT2D eigenvalue weighted by molar-refractivity contribution is 0.0284. The number of nitrogens with one attached hydrogen (secondary N) is 1. The summed E-state index contributed by atoms with van der Waals surface area (Å²) in [5.74, 6) is -0.186. The highest BCUT2D eigenvalue weighted by Crippen LogP contribution is 2.38. The van der Waals surface area contributed by atoms with Gasteiger partial charge in [0.05, 0.1) is 34.4 Å². The summed E-state index contributed by atoms with van der Waals surface area (Å²) in [5, 5.41) is 14.6. The minimum atomic E-state index is -1.22. The van der Waals surface area contributed by atoms with Crippen molar-refractivity contribution in [3.05, 3.63) is 64.6 Å². The van der Waals surface area contributed by atoms with Gasteiger partial charge in [-0.15, -0.1) is 11.3 Å². The number of rotatable bonds is 5. The molecule has 1 atom stereocenters. The number of likely N-dealkylation sites (tertiary alicyclic amines) is 1. The molecule has 1 aliphatic rings. The predicted molar refractivity (Wildman–Crippen MR) is 156 cm³/mol. The van der Waals surface area contributed by atoms with Gasteiger partial charge >= 0.3 is 6.09 Å². The van der Waals surface area contributed by atoms with Gasteiger partial charge in [0.2, 0.25) is 0 Å². The van der Waals surface area contributed by atoms with Gasteiger partial charge in [-0.25, -0.2) is 14.8 Å². The van der Waals surface area contributed by atoms with E-state index in [0.29, 0.717) is 24.2 Å². The molecule has 0 radical (unpaired) electrons. The van der Waals surface area contributed by atoms with Crippen LogP contribution in [0, 0.1) is 20.8 Å². The van der Waals surface area contributed by atoms with E-state index < -0.39 is 17.3 Å². The Kier molecular flexibility index (Phi) is 7.18. The average Bonchev–Trinajstić information content (AvgIpc) is 3.55. The molecule has 5 rings (SSSR count). The van der Waals surface area contributed by atoms with Crippen LogP contribution in [-0.4, -0.2) is 67.2 Å². The fourth-order valence-electron chi connectivity index (χ4n) is 5.13. The van der Waals surface area contributed by atoms with Crippen LogP contribution >= 0.6 is 11.3 Å². The maximum absolute atomic E-state index is 13.4. The number of imidazole rings is 1. The first kappa shape index (κ1) is 27.8. The number of aryl methyl sites for hydroxylation is 3. The van der Waals surface area contributed by atoms with E-state index in [1.165, 1.54) is 0 Å². The SMILES string of the molecule is Cc1nc(C)c(-c2ccccc2-c2nc3cc(C(=O)N4CC[C@@](O)(CNC(=O)OC(C)(C)C)C4)ccn3c2C)s1. The van der Waals surface area contributed by atoms with Crippen molar-refractivity contribution in [3.63, 3.8) is 0 Å². The molecule has 1 aliphatic heterocycles. The number of hydrogen-bond donors (Lipinski definition) is 2. The third kappa shape index (κ3) is 5.59. The topological polar surface area (TPSA) is 109 Å². The van der Waals surface area contributed by atoms with Crippen LogP contribution in [0.3, 0.4) is 0 Å². The van der Waals surface area contributed by atoms with Crippen LogP contribution in [0.1, 0.15) is 53.9 Å². The van der Waals surface area contributed by atoms with E-state index in [2.05, 4.69) is 22.4 Å². The van der Waals surface area contributed by atoms with Crippen LogP contribution < -0.4 is 5.32 Å². The van der Waals surface area contributed by atoms with Crippen molar-refractivity contribution in [3.8, 4) is 21.7 Å². The Balaban J connectivity index is 1.36. The zero-order valence-corrected chi connectivity index (χ0v) is 24.6. The summed E-state index contributed by atoms with van der Waals surface area (Å²) in [4.78, 5) is 37.7. The quantitative estimate of drug-likeness (QED) is 0.349. The van der Waals surface area contributed by atoms with Crippen molar-refractivity contribution < 1.29 is 19.4 Å². The van der Waals surface area contributed by atoms with Gasteiger partial charge in [0.25, 0.3) is 5.91 Å². The highest BCUT2D eigenvalue weighted by atomic mass is 32.1. The number of ether oxygens (including phenoxy) is 1. The van der Waals surface area contributed by atoms with E-state index in [0.717, 1.165) is 38.1 Å². The number of carbonyl (C=O) groups is 2. The molecule has 2 N–H and O–H groups in total. The summed E-state index contributed by atoms with van der Waals surface area (Å²) in [6.07, 6.45) is 1.63. The second-order valence-corrected chi connectivity index (χ2v) is 12.6. The van der Waals surface area contributed by atoms with Gasteiger partial charge in [0, 0.05) is 35.1 Å². The van der Waals surface area contributed by atoms with Crippen molar-refractivity contribution in [1.82, 2.24) is 24.6 Å². The molecule has 2 amide bonds. The summed E-state index contributed by atoms with van der Waals surface area (Å²) in [6, 6.07) is 11.8. The molecule has 210 valence electrons. The average molecular weight is 562 g/mol. The normalized spacial score (nSPS) is 17.4. The summed E-state index contributed by atoms with van der Waals surface area (Å²) in [7, 11) is 0. The number of aliphatic hydroxyl groups is 1. The number of amides is 2. The van der Waals surface area contributed by atoms with Gasteiger partial charge < -0.3 is 24.5 Å². The molecule has 4 heterocycles. The summed E-state index contributed by atoms with van der Waals surface area (Å²) in [5.41, 5.74) is 4.26. The van der Waals surface area contributed by atoms with E-state index >= 15 is 0 Å². The molecule has 40 heavy (non-hydrogen) atoms. The fraction of sp³-hybridized carbons (Fsp3) is 0.400. The van der Waals surface area contributed by atoms with Crippen LogP contribution in [0.5, 0.6) is 0 Å². The number of pyridine rings is 1. The maximum atomic E-state index is 13.4. The number of fused-ring (bicyclic) bond motifs is 1. The molecule has 1 fully saturated rings. The highest BCUT2D eigenvalue weighted by Gasteiger charge is 2.39. The van der Waals surface area contributed by atoms with Crippen molar-refractivity contribution >= 4 is 29.0 Å². The van der Waals surface area contributed by atoms with Crippen LogP contribution in [0.25, 0.3) is 27.3 Å². The van der Waals surface area contributed by atoms with Crippen LogP contribution in [0.2, 0.25) is 0 Å². The van der Waals surface area contributed by atoms with Crippen molar-refractivity contribution in [1.29, 1.82) is 0 Å². The Hall–Kier alpha value is -3.76. The van der Waals surface area contributed by atoms with Gasteiger partial charge in [-0.3, -0.25) is 4.79 Å². The number of carbonyl (C=O) groups excluding carboxylic acids is 2. The van der Waals surface area contributed by atoms with E-state index in [1.807, 2.05) is 43.5 Å². The van der Waals surface area contributed by atoms with E-state index in [4.69, 9.17) is 9.72 Å². The number of thiazole rings is 1. The Bertz CT molecular complexity index is 1600. The van der Waals surface area contributed by atoms with Crippen LogP contribution in [0.4, 0.5) is 4.79 Å². The van der Waals surface area contributed by atoms with Gasteiger partial charge in [0.1, 0.15) is 16.8 Å². The lowest BCUT2D eigenvalue weighted by Crippen LogP contribution is -2.46. The minimum Gasteiger partial charge on any atom is -0.444 e. The summed E-state index contributed by atoms with van der Waals surface area (Å²) >= 11 is 1.67. The predicted octanol–water partition coefficient (Wildman–Crippen LogP) is 5.15. The number of β-amino-alcohol motifs (C(OH)–C–C–N with tert-alkyl or cyclic N) is 1. The van der Waals surface area contributed by atoms with Crippen molar-refractivity contribution in [2.45, 2.75) is 59.2 Å². The molecule has 1 saturated heterocycles. The van der Waals surface area contributed by atoms with E-state index in [-0.39, 0.29) is 19.0 Å². The zero-order valence-electron chi connectivity index (χ0n) is 23.7. The molecular weight excluding hydrogens is 526 g/mol. The molecule has 10 heteroatoms. The summed E-state index contributed by atoms with van der Waals surface area (Å²) < 4.78 is 7.24. The minimum absolute atomic E-state index is 0.00566. The molecule has 0 bridgehead atoms.